The highest BCUT2D eigenvalue weighted by atomic mass is 35.5. The van der Waals surface area contributed by atoms with E-state index in [9.17, 15) is 9.18 Å². The fourth-order valence-electron chi connectivity index (χ4n) is 1.45. The summed E-state index contributed by atoms with van der Waals surface area (Å²) in [5.74, 6) is -0.339. The predicted octanol–water partition coefficient (Wildman–Crippen LogP) is 3.48. The van der Waals surface area contributed by atoms with Crippen molar-refractivity contribution in [3.8, 4) is 0 Å². The SMILES string of the molecule is Cc1c(Cl)cc(F)cc1C(C)CC=O. The van der Waals surface area contributed by atoms with Crippen LogP contribution in [-0.2, 0) is 4.79 Å². The van der Waals surface area contributed by atoms with E-state index in [1.54, 1.807) is 0 Å². The Kier molecular flexibility index (Phi) is 3.64. The topological polar surface area (TPSA) is 17.1 Å². The van der Waals surface area contributed by atoms with Crippen LogP contribution < -0.4 is 0 Å². The van der Waals surface area contributed by atoms with Crippen molar-refractivity contribution in [1.29, 1.82) is 0 Å². The Morgan fingerprint density at radius 1 is 1.57 bits per heavy atom. The van der Waals surface area contributed by atoms with Crippen LogP contribution in [0.25, 0.3) is 0 Å². The molecule has 0 amide bonds. The van der Waals surface area contributed by atoms with Gasteiger partial charge in [-0.15, -0.1) is 0 Å². The van der Waals surface area contributed by atoms with E-state index in [1.165, 1.54) is 12.1 Å². The van der Waals surface area contributed by atoms with E-state index in [-0.39, 0.29) is 11.7 Å². The number of hydrogen-bond donors (Lipinski definition) is 0. The molecule has 1 atom stereocenters. The van der Waals surface area contributed by atoms with Crippen molar-refractivity contribution in [3.63, 3.8) is 0 Å². The van der Waals surface area contributed by atoms with E-state index in [4.69, 9.17) is 11.6 Å². The lowest BCUT2D eigenvalue weighted by atomic mass is 9.94. The van der Waals surface area contributed by atoms with Gasteiger partial charge < -0.3 is 4.79 Å². The van der Waals surface area contributed by atoms with Gasteiger partial charge in [-0.25, -0.2) is 4.39 Å². The molecular weight excluding hydrogens is 203 g/mol. The first-order valence-corrected chi connectivity index (χ1v) is 4.83. The normalized spacial score (nSPS) is 12.6. The lowest BCUT2D eigenvalue weighted by Gasteiger charge is -2.13. The summed E-state index contributed by atoms with van der Waals surface area (Å²) in [5, 5.41) is 0.415. The van der Waals surface area contributed by atoms with Crippen LogP contribution in [0.1, 0.15) is 30.4 Å². The van der Waals surface area contributed by atoms with Crippen LogP contribution in [0, 0.1) is 12.7 Å². The molecule has 0 heterocycles. The molecule has 1 nitrogen and oxygen atoms in total. The van der Waals surface area contributed by atoms with Crippen LogP contribution in [0.2, 0.25) is 5.02 Å². The predicted molar refractivity (Wildman–Crippen MR) is 55.2 cm³/mol. The van der Waals surface area contributed by atoms with Crippen molar-refractivity contribution in [1.82, 2.24) is 0 Å². The molecule has 14 heavy (non-hydrogen) atoms. The van der Waals surface area contributed by atoms with Crippen molar-refractivity contribution in [3.05, 3.63) is 34.1 Å². The van der Waals surface area contributed by atoms with E-state index >= 15 is 0 Å². The lowest BCUT2D eigenvalue weighted by Crippen LogP contribution is -1.99. The molecular formula is C11H12ClFO. The highest BCUT2D eigenvalue weighted by Crippen LogP contribution is 2.28. The minimum Gasteiger partial charge on any atom is -0.303 e. The highest BCUT2D eigenvalue weighted by molar-refractivity contribution is 6.31. The summed E-state index contributed by atoms with van der Waals surface area (Å²) in [6.45, 7) is 3.71. The van der Waals surface area contributed by atoms with Crippen LogP contribution in [0.4, 0.5) is 4.39 Å². The Labute approximate surface area is 87.9 Å². The molecule has 0 aliphatic carbocycles. The molecule has 1 aromatic rings. The summed E-state index contributed by atoms with van der Waals surface area (Å²) < 4.78 is 13.0. The minimum absolute atomic E-state index is 0.0145. The van der Waals surface area contributed by atoms with Crippen LogP contribution >= 0.6 is 11.6 Å². The highest BCUT2D eigenvalue weighted by Gasteiger charge is 2.11. The van der Waals surface area contributed by atoms with Crippen LogP contribution in [0.3, 0.4) is 0 Å². The van der Waals surface area contributed by atoms with Crippen LogP contribution in [0.15, 0.2) is 12.1 Å². The number of aldehydes is 1. The van der Waals surface area contributed by atoms with Gasteiger partial charge in [0, 0.05) is 11.4 Å². The zero-order chi connectivity index (χ0) is 10.7. The molecule has 1 aromatic carbocycles. The zero-order valence-corrected chi connectivity index (χ0v) is 8.94. The second-order valence-corrected chi connectivity index (χ2v) is 3.81. The summed E-state index contributed by atoms with van der Waals surface area (Å²) >= 11 is 5.84. The number of hydrogen-bond acceptors (Lipinski definition) is 1. The summed E-state index contributed by atoms with van der Waals surface area (Å²) in [4.78, 5) is 10.3. The minimum atomic E-state index is -0.353. The van der Waals surface area contributed by atoms with Gasteiger partial charge in [0.15, 0.2) is 0 Å². The van der Waals surface area contributed by atoms with Crippen molar-refractivity contribution >= 4 is 17.9 Å². The van der Waals surface area contributed by atoms with Crippen molar-refractivity contribution < 1.29 is 9.18 Å². The van der Waals surface area contributed by atoms with Gasteiger partial charge >= 0.3 is 0 Å². The van der Waals surface area contributed by atoms with E-state index in [1.807, 2.05) is 13.8 Å². The van der Waals surface area contributed by atoms with Crippen molar-refractivity contribution in [2.24, 2.45) is 0 Å². The molecule has 0 N–H and O–H groups in total. The van der Waals surface area contributed by atoms with Gasteiger partial charge in [-0.2, -0.15) is 0 Å². The molecule has 0 bridgehead atoms. The first kappa shape index (κ1) is 11.2. The number of carbonyl (C=O) groups excluding carboxylic acids is 1. The molecule has 3 heteroatoms. The molecule has 0 aromatic heterocycles. The monoisotopic (exact) mass is 214 g/mol. The molecule has 0 fully saturated rings. The summed E-state index contributed by atoms with van der Waals surface area (Å²) in [6, 6.07) is 2.73. The molecule has 1 rings (SSSR count). The molecule has 0 saturated heterocycles. The van der Waals surface area contributed by atoms with Crippen molar-refractivity contribution in [2.75, 3.05) is 0 Å². The quantitative estimate of drug-likeness (QED) is 0.704. The standard InChI is InChI=1S/C11H12ClFO/c1-7(3-4-14)10-5-9(13)6-11(12)8(10)2/h4-7H,3H2,1-2H3. The van der Waals surface area contributed by atoms with Gasteiger partial charge in [-0.3, -0.25) is 0 Å². The van der Waals surface area contributed by atoms with Gasteiger partial charge in [0.2, 0.25) is 0 Å². The molecule has 0 aliphatic rings. The number of benzene rings is 1. The van der Waals surface area contributed by atoms with Crippen molar-refractivity contribution in [2.45, 2.75) is 26.2 Å². The number of carbonyl (C=O) groups is 1. The molecule has 0 radical (unpaired) electrons. The summed E-state index contributed by atoms with van der Waals surface area (Å²) in [6.07, 6.45) is 1.23. The molecule has 0 spiro atoms. The largest absolute Gasteiger partial charge is 0.303 e. The van der Waals surface area contributed by atoms with Gasteiger partial charge in [0.05, 0.1) is 0 Å². The molecule has 0 aliphatic heterocycles. The molecule has 1 unspecified atom stereocenters. The Morgan fingerprint density at radius 3 is 2.79 bits per heavy atom. The van der Waals surface area contributed by atoms with Crippen LogP contribution in [0.5, 0.6) is 0 Å². The third-order valence-corrected chi connectivity index (χ3v) is 2.72. The average Bonchev–Trinajstić information content (AvgIpc) is 2.11. The molecule has 76 valence electrons. The van der Waals surface area contributed by atoms with E-state index in [0.29, 0.717) is 11.4 Å². The summed E-state index contributed by atoms with van der Waals surface area (Å²) in [7, 11) is 0. The van der Waals surface area contributed by atoms with E-state index in [2.05, 4.69) is 0 Å². The maximum Gasteiger partial charge on any atom is 0.124 e. The zero-order valence-electron chi connectivity index (χ0n) is 8.18. The Balaban J connectivity index is 3.12. The first-order valence-electron chi connectivity index (χ1n) is 4.45. The lowest BCUT2D eigenvalue weighted by molar-refractivity contribution is -0.108. The Bertz CT molecular complexity index is 349. The maximum absolute atomic E-state index is 13.0. The third-order valence-electron chi connectivity index (χ3n) is 2.33. The fourth-order valence-corrected chi connectivity index (χ4v) is 1.66. The maximum atomic E-state index is 13.0. The van der Waals surface area contributed by atoms with Gasteiger partial charge in [0.1, 0.15) is 12.1 Å². The summed E-state index contributed by atoms with van der Waals surface area (Å²) in [5.41, 5.74) is 1.66. The Hall–Kier alpha value is -0.890. The van der Waals surface area contributed by atoms with E-state index in [0.717, 1.165) is 17.4 Å². The second kappa shape index (κ2) is 4.56. The van der Waals surface area contributed by atoms with Gasteiger partial charge in [-0.1, -0.05) is 18.5 Å². The number of rotatable bonds is 3. The third kappa shape index (κ3) is 2.32. The second-order valence-electron chi connectivity index (χ2n) is 3.41. The van der Waals surface area contributed by atoms with Gasteiger partial charge in [0.25, 0.3) is 0 Å². The fraction of sp³-hybridized carbons (Fsp3) is 0.364. The first-order chi connectivity index (χ1) is 6.56. The number of halogens is 2. The van der Waals surface area contributed by atoms with Gasteiger partial charge in [-0.05, 0) is 36.1 Å². The average molecular weight is 215 g/mol. The van der Waals surface area contributed by atoms with E-state index < -0.39 is 0 Å². The molecule has 0 saturated carbocycles. The Morgan fingerprint density at radius 2 is 2.21 bits per heavy atom. The van der Waals surface area contributed by atoms with Crippen LogP contribution in [-0.4, -0.2) is 6.29 Å². The smallest absolute Gasteiger partial charge is 0.124 e.